The van der Waals surface area contributed by atoms with Crippen molar-refractivity contribution in [2.75, 3.05) is 6.54 Å². The minimum Gasteiger partial charge on any atom is -0.315 e. The van der Waals surface area contributed by atoms with Crippen molar-refractivity contribution < 1.29 is 9.59 Å². The molecule has 0 atom stereocenters. The average molecular weight is 353 g/mol. The van der Waals surface area contributed by atoms with Crippen molar-refractivity contribution in [3.8, 4) is 0 Å². The van der Waals surface area contributed by atoms with Gasteiger partial charge in [-0.15, -0.1) is 0 Å². The molecule has 1 amide bonds. The average Bonchev–Trinajstić information content (AvgIpc) is 3.36. The molecule has 6 rings (SSSR count). The summed E-state index contributed by atoms with van der Waals surface area (Å²) < 4.78 is 0. The van der Waals surface area contributed by atoms with Crippen LogP contribution in [-0.4, -0.2) is 29.3 Å². The van der Waals surface area contributed by atoms with Gasteiger partial charge in [0.05, 0.1) is 22.3 Å². The van der Waals surface area contributed by atoms with Gasteiger partial charge < -0.3 is 4.90 Å². The summed E-state index contributed by atoms with van der Waals surface area (Å²) in [7, 11) is 0. The van der Waals surface area contributed by atoms with Gasteiger partial charge in [-0.05, 0) is 42.7 Å². The first-order chi connectivity index (χ1) is 13.2. The molecule has 0 saturated carbocycles. The maximum Gasteiger partial charge on any atom is 0.259 e. The van der Waals surface area contributed by atoms with Crippen molar-refractivity contribution in [2.45, 2.75) is 19.8 Å². The molecule has 27 heavy (non-hydrogen) atoms. The zero-order chi connectivity index (χ0) is 18.3. The van der Waals surface area contributed by atoms with E-state index in [9.17, 15) is 9.59 Å². The molecule has 2 aliphatic carbocycles. The van der Waals surface area contributed by atoms with Gasteiger partial charge in [-0.2, -0.15) is 0 Å². The highest BCUT2D eigenvalue weighted by molar-refractivity contribution is 6.09. The van der Waals surface area contributed by atoms with Gasteiger partial charge in [0.2, 0.25) is 0 Å². The lowest BCUT2D eigenvalue weighted by molar-refractivity contribution is -0.113. The highest BCUT2D eigenvalue weighted by Crippen LogP contribution is 2.31. The number of amides is 1. The molecule has 5 heteroatoms. The van der Waals surface area contributed by atoms with Crippen molar-refractivity contribution in [2.24, 2.45) is 9.98 Å². The molecule has 0 fully saturated rings. The first kappa shape index (κ1) is 14.8. The fourth-order valence-electron chi connectivity index (χ4n) is 4.59. The molecule has 5 aliphatic rings. The van der Waals surface area contributed by atoms with E-state index in [0.29, 0.717) is 18.5 Å². The van der Waals surface area contributed by atoms with Crippen LogP contribution in [0.4, 0.5) is 0 Å². The van der Waals surface area contributed by atoms with Gasteiger partial charge in [0.25, 0.3) is 5.91 Å². The number of hydrogen-bond acceptors (Lipinski definition) is 4. The molecule has 3 aliphatic heterocycles. The Labute approximate surface area is 154 Å². The lowest BCUT2D eigenvalue weighted by Gasteiger charge is -2.14. The van der Waals surface area contributed by atoms with E-state index in [2.05, 4.69) is 11.1 Å². The van der Waals surface area contributed by atoms with E-state index in [1.807, 2.05) is 25.4 Å². The highest BCUT2D eigenvalue weighted by atomic mass is 16.2. The van der Waals surface area contributed by atoms with Crippen molar-refractivity contribution in [3.63, 3.8) is 0 Å². The summed E-state index contributed by atoms with van der Waals surface area (Å²) in [5.74, 6) is 0.0326. The van der Waals surface area contributed by atoms with Crippen LogP contribution >= 0.6 is 0 Å². The van der Waals surface area contributed by atoms with E-state index in [1.54, 1.807) is 17.1 Å². The number of nitrogens with zero attached hydrogens (tertiary/aromatic N) is 3. The molecule has 0 bridgehead atoms. The van der Waals surface area contributed by atoms with Crippen molar-refractivity contribution in [1.29, 1.82) is 0 Å². The summed E-state index contributed by atoms with van der Waals surface area (Å²) in [6.45, 7) is 2.57. The minimum atomic E-state index is -0.0174. The Hall–Kier alpha value is -3.34. The number of ketones is 1. The smallest absolute Gasteiger partial charge is 0.259 e. The van der Waals surface area contributed by atoms with Gasteiger partial charge in [-0.25, -0.2) is 4.99 Å². The van der Waals surface area contributed by atoms with Gasteiger partial charge >= 0.3 is 0 Å². The van der Waals surface area contributed by atoms with Crippen LogP contribution in [0.2, 0.25) is 0 Å². The molecular formula is C22H15N3O2. The number of carbonyl (C=O) groups is 2. The predicted octanol–water partition coefficient (Wildman–Crippen LogP) is 0.0768. The van der Waals surface area contributed by atoms with Crippen LogP contribution in [0.15, 0.2) is 39.5 Å². The number of allylic oxidation sites excluding steroid dienone is 4. The number of benzene rings is 1. The normalized spacial score (nSPS) is 20.6. The van der Waals surface area contributed by atoms with Crippen molar-refractivity contribution in [3.05, 3.63) is 61.6 Å². The van der Waals surface area contributed by atoms with Crippen LogP contribution < -0.4 is 21.0 Å². The number of aliphatic imine (C=N–C) groups is 1. The van der Waals surface area contributed by atoms with Crippen LogP contribution in [0.1, 0.15) is 35.7 Å². The molecule has 1 aromatic rings. The van der Waals surface area contributed by atoms with Gasteiger partial charge in [0.1, 0.15) is 0 Å². The van der Waals surface area contributed by atoms with Gasteiger partial charge in [-0.1, -0.05) is 6.08 Å². The summed E-state index contributed by atoms with van der Waals surface area (Å²) in [5.41, 5.74) is 5.32. The fraction of sp³-hybridized carbons (Fsp3) is 0.182. The lowest BCUT2D eigenvalue weighted by atomic mass is 9.88. The number of hydrogen-bond donors (Lipinski definition) is 0. The number of rotatable bonds is 1. The molecule has 0 saturated heterocycles. The lowest BCUT2D eigenvalue weighted by Crippen LogP contribution is -2.53. The second kappa shape index (κ2) is 4.88. The van der Waals surface area contributed by atoms with E-state index in [4.69, 9.17) is 4.99 Å². The van der Waals surface area contributed by atoms with E-state index in [1.165, 1.54) is 5.57 Å². The SMILES string of the molecule is CCN1C=c2c(c3c(c4c2=C2N=CC=C2CC=4)=NC2=C3CC(=O)C=C2)C1=O. The summed E-state index contributed by atoms with van der Waals surface area (Å²) in [4.78, 5) is 36.4. The zero-order valence-corrected chi connectivity index (χ0v) is 14.7. The van der Waals surface area contributed by atoms with Crippen LogP contribution in [-0.2, 0) is 4.79 Å². The standard InChI is InChI=1S/C22H15N3O2/c1-2-25-10-15-17-13(5-3-11-7-8-23-20(11)17)21-18(19(15)22(25)27)14-9-12(26)4-6-16(14)24-21/h4-8,10H,2-3,9H2,1H3. The Balaban J connectivity index is 1.85. The summed E-state index contributed by atoms with van der Waals surface area (Å²) in [6.07, 6.45) is 12.4. The zero-order valence-electron chi connectivity index (χ0n) is 14.7. The maximum atomic E-state index is 13.2. The number of fused-ring (bicyclic) bond motifs is 8. The van der Waals surface area contributed by atoms with Gasteiger partial charge in [-0.3, -0.25) is 14.6 Å². The summed E-state index contributed by atoms with van der Waals surface area (Å²) in [6, 6.07) is 0. The Morgan fingerprint density at radius 2 is 2.04 bits per heavy atom. The van der Waals surface area contributed by atoms with Crippen LogP contribution in [0.25, 0.3) is 23.5 Å². The third-order valence-electron chi connectivity index (χ3n) is 5.82. The van der Waals surface area contributed by atoms with Gasteiger partial charge in [0.15, 0.2) is 5.78 Å². The van der Waals surface area contributed by atoms with Crippen LogP contribution in [0.5, 0.6) is 0 Å². The van der Waals surface area contributed by atoms with E-state index < -0.39 is 0 Å². The third-order valence-corrected chi connectivity index (χ3v) is 5.82. The van der Waals surface area contributed by atoms with Gasteiger partial charge in [0, 0.05) is 46.6 Å². The van der Waals surface area contributed by atoms with E-state index in [-0.39, 0.29) is 11.7 Å². The molecule has 5 nitrogen and oxygen atoms in total. The largest absolute Gasteiger partial charge is 0.315 e. The van der Waals surface area contributed by atoms with Crippen LogP contribution in [0, 0.1) is 0 Å². The molecule has 0 unspecified atom stereocenters. The molecule has 3 heterocycles. The quantitative estimate of drug-likeness (QED) is 0.718. The maximum absolute atomic E-state index is 13.2. The summed E-state index contributed by atoms with van der Waals surface area (Å²) >= 11 is 0. The van der Waals surface area contributed by atoms with E-state index >= 15 is 0 Å². The Kier molecular flexibility index (Phi) is 2.67. The molecule has 0 N–H and O–H groups in total. The minimum absolute atomic E-state index is 0.0174. The molecule has 130 valence electrons. The van der Waals surface area contributed by atoms with E-state index in [0.717, 1.165) is 50.0 Å². The molecule has 0 radical (unpaired) electrons. The molecule has 1 aromatic carbocycles. The second-order valence-electron chi connectivity index (χ2n) is 7.20. The monoisotopic (exact) mass is 353 g/mol. The fourth-order valence-corrected chi connectivity index (χ4v) is 4.59. The first-order valence-corrected chi connectivity index (χ1v) is 9.17. The Morgan fingerprint density at radius 3 is 2.89 bits per heavy atom. The van der Waals surface area contributed by atoms with Crippen LogP contribution in [0.3, 0.4) is 0 Å². The van der Waals surface area contributed by atoms with Crippen molar-refractivity contribution >= 4 is 41.5 Å². The molecular weight excluding hydrogens is 338 g/mol. The molecule has 0 aromatic heterocycles. The molecule has 0 spiro atoms. The van der Waals surface area contributed by atoms with Crippen molar-refractivity contribution in [1.82, 2.24) is 4.90 Å². The number of carbonyl (C=O) groups excluding carboxylic acids is 2. The Morgan fingerprint density at radius 1 is 1.15 bits per heavy atom. The first-order valence-electron chi connectivity index (χ1n) is 9.17. The Bertz CT molecular complexity index is 1380. The predicted molar refractivity (Wildman–Crippen MR) is 102 cm³/mol. The third kappa shape index (κ3) is 1.74. The second-order valence-corrected chi connectivity index (χ2v) is 7.20. The highest BCUT2D eigenvalue weighted by Gasteiger charge is 2.33. The summed E-state index contributed by atoms with van der Waals surface area (Å²) in [5, 5.41) is 3.77. The topological polar surface area (TPSA) is 62.1 Å².